The molecule has 2 heterocycles. The zero-order valence-electron chi connectivity index (χ0n) is 39.7. The van der Waals surface area contributed by atoms with Crippen LogP contribution in [0.4, 0.5) is 22.7 Å². The molecule has 2 fully saturated rings. The Labute approximate surface area is 410 Å². The third-order valence-electron chi connectivity index (χ3n) is 13.7. The number of nitrogens with zero attached hydrogens (tertiary/aromatic N) is 4. The zero-order chi connectivity index (χ0) is 49.0. The summed E-state index contributed by atoms with van der Waals surface area (Å²) in [6.45, 7) is 5.37. The van der Waals surface area contributed by atoms with Crippen molar-refractivity contribution in [3.05, 3.63) is 84.9 Å². The van der Waals surface area contributed by atoms with Crippen LogP contribution in [0.5, 0.6) is 11.5 Å². The van der Waals surface area contributed by atoms with E-state index < -0.39 is 42.8 Å². The van der Waals surface area contributed by atoms with Crippen molar-refractivity contribution >= 4 is 78.3 Å². The second-order valence-corrected chi connectivity index (χ2v) is 23.8. The van der Waals surface area contributed by atoms with Crippen LogP contribution in [0, 0.1) is 10.8 Å². The Kier molecular flexibility index (Phi) is 16.1. The highest BCUT2D eigenvalue weighted by atomic mass is 32.2. The van der Waals surface area contributed by atoms with Gasteiger partial charge in [-0.2, -0.15) is 8.61 Å². The van der Waals surface area contributed by atoms with Gasteiger partial charge in [0.1, 0.15) is 45.3 Å². The summed E-state index contributed by atoms with van der Waals surface area (Å²) in [7, 11) is -4.28. The van der Waals surface area contributed by atoms with Gasteiger partial charge in [0.05, 0.1) is 21.2 Å². The quantitative estimate of drug-likeness (QED) is 0.0902. The summed E-state index contributed by atoms with van der Waals surface area (Å²) < 4.78 is 70.1. The molecule has 4 aromatic rings. The lowest BCUT2D eigenvalue weighted by Crippen LogP contribution is -2.40. The molecule has 0 amide bonds. The predicted molar refractivity (Wildman–Crippen MR) is 269 cm³/mol. The van der Waals surface area contributed by atoms with Crippen molar-refractivity contribution in [2.45, 2.75) is 110 Å². The molecule has 0 spiro atoms. The van der Waals surface area contributed by atoms with Crippen LogP contribution in [0.1, 0.15) is 78.1 Å². The van der Waals surface area contributed by atoms with E-state index in [-0.39, 0.29) is 35.1 Å². The Morgan fingerprint density at radius 2 is 0.971 bits per heavy atom. The molecule has 14 nitrogen and oxygen atoms in total. The second kappa shape index (κ2) is 21.3. The van der Waals surface area contributed by atoms with Crippen LogP contribution in [-0.2, 0) is 29.6 Å². The number of carbonyl (C=O) groups is 2. The van der Waals surface area contributed by atoms with Gasteiger partial charge in [-0.15, -0.1) is 23.5 Å². The molecule has 368 valence electrons. The third kappa shape index (κ3) is 10.6. The highest BCUT2D eigenvalue weighted by molar-refractivity contribution is 7.99. The number of unbranched alkanes of at least 4 members (excludes halogenated alkanes) is 2. The second-order valence-electron chi connectivity index (χ2n) is 18.2. The number of rotatable bonds is 18. The lowest BCUT2D eigenvalue weighted by Gasteiger charge is -2.29. The Bertz CT molecular complexity index is 2480. The number of para-hydroxylation sites is 2. The molecule has 4 aromatic carbocycles. The molecule has 4 aliphatic rings. The number of hydrogen-bond acceptors (Lipinski definition) is 12. The van der Waals surface area contributed by atoms with E-state index in [2.05, 4.69) is 23.6 Å². The molecule has 2 aliphatic heterocycles. The first kappa shape index (κ1) is 51.4. The van der Waals surface area contributed by atoms with E-state index in [4.69, 9.17) is 9.47 Å². The van der Waals surface area contributed by atoms with Gasteiger partial charge in [0.15, 0.2) is 0 Å². The largest absolute Gasteiger partial charge is 0.491 e. The molecular weight excluding hydrogens is 945 g/mol. The van der Waals surface area contributed by atoms with E-state index in [0.717, 1.165) is 59.7 Å². The molecule has 0 radical (unpaired) electrons. The molecule has 2 aliphatic carbocycles. The summed E-state index contributed by atoms with van der Waals surface area (Å²) in [6, 6.07) is 26.2. The number of ether oxygens (including phenoxy) is 2. The van der Waals surface area contributed by atoms with Gasteiger partial charge in [-0.25, -0.2) is 16.8 Å². The van der Waals surface area contributed by atoms with Gasteiger partial charge in [0.25, 0.3) is 0 Å². The molecule has 0 saturated heterocycles. The van der Waals surface area contributed by atoms with Gasteiger partial charge in [0, 0.05) is 62.8 Å². The van der Waals surface area contributed by atoms with E-state index >= 15 is 0 Å². The summed E-state index contributed by atoms with van der Waals surface area (Å²) >= 11 is 2.92. The fourth-order valence-electron chi connectivity index (χ4n) is 8.70. The van der Waals surface area contributed by atoms with E-state index in [1.54, 1.807) is 26.2 Å². The maximum Gasteiger partial charge on any atom is 0.313 e. The van der Waals surface area contributed by atoms with Gasteiger partial charge in [-0.1, -0.05) is 75.9 Å². The van der Waals surface area contributed by atoms with Crippen LogP contribution in [0.2, 0.25) is 0 Å². The van der Waals surface area contributed by atoms with E-state index in [9.17, 15) is 36.6 Å². The van der Waals surface area contributed by atoms with Crippen molar-refractivity contribution in [3.63, 3.8) is 0 Å². The summed E-state index contributed by atoms with van der Waals surface area (Å²) in [5.74, 6) is -0.907. The number of fused-ring (bicyclic) bond motifs is 2. The maximum atomic E-state index is 13.8. The number of anilines is 4. The van der Waals surface area contributed by atoms with Gasteiger partial charge < -0.3 is 29.5 Å². The van der Waals surface area contributed by atoms with Crippen LogP contribution in [-0.4, -0.2) is 113 Å². The zero-order valence-corrected chi connectivity index (χ0v) is 43.0. The molecule has 68 heavy (non-hydrogen) atoms. The highest BCUT2D eigenvalue weighted by Gasteiger charge is 2.52. The van der Waals surface area contributed by atoms with E-state index in [1.807, 2.05) is 85.3 Å². The minimum absolute atomic E-state index is 0.0338. The fraction of sp³-hybridized carbons (Fsp3) is 0.480. The number of sulfonamides is 2. The van der Waals surface area contributed by atoms with Crippen molar-refractivity contribution in [2.75, 3.05) is 62.7 Å². The highest BCUT2D eigenvalue weighted by Crippen LogP contribution is 2.50. The first-order valence-corrected chi connectivity index (χ1v) is 28.6. The molecule has 0 unspecified atom stereocenters. The van der Waals surface area contributed by atoms with Gasteiger partial charge >= 0.3 is 11.9 Å². The Hall–Kier alpha value is -4.46. The summed E-state index contributed by atoms with van der Waals surface area (Å²) in [5, 5.41) is 19.0. The number of carboxylic acids is 2. The van der Waals surface area contributed by atoms with Crippen molar-refractivity contribution in [3.8, 4) is 11.5 Å². The standard InChI is InChI=1S/2C25H32N2O5S2/c2*1-4-5-9-19-16-27(18-10-7-6-8-11-18)20-14-22(33-3)21(15-23(20)34(30,31)26(19)2)32-17-25(12-13-25)24(28)29/h2*6-8,10-11,14-15,19H,4-5,9,12-13,16-17H2,1-3H3,(H,28,29)/t2*19-/m10/s1. The van der Waals surface area contributed by atoms with Gasteiger partial charge in [0.2, 0.25) is 20.0 Å². The Morgan fingerprint density at radius 1 is 0.618 bits per heavy atom. The van der Waals surface area contributed by atoms with Crippen LogP contribution in [0.15, 0.2) is 105 Å². The average Bonchev–Trinajstić information content (AvgIpc) is 4.29. The Morgan fingerprint density at radius 3 is 1.26 bits per heavy atom. The average molecular weight is 1010 g/mol. The van der Waals surface area contributed by atoms with Crippen molar-refractivity contribution in [1.82, 2.24) is 8.61 Å². The van der Waals surface area contributed by atoms with E-state index in [1.165, 1.54) is 32.1 Å². The first-order valence-electron chi connectivity index (χ1n) is 23.2. The van der Waals surface area contributed by atoms with Crippen LogP contribution < -0.4 is 19.3 Å². The van der Waals surface area contributed by atoms with Crippen molar-refractivity contribution < 1.29 is 46.1 Å². The molecule has 2 N–H and O–H groups in total. The number of hydrogen-bond donors (Lipinski definition) is 2. The smallest absolute Gasteiger partial charge is 0.313 e. The van der Waals surface area contributed by atoms with Crippen LogP contribution in [0.3, 0.4) is 0 Å². The number of likely N-dealkylation sites (N-methyl/N-ethyl adjacent to an activating group) is 2. The van der Waals surface area contributed by atoms with Gasteiger partial charge in [-0.05, 0) is 87.4 Å². The van der Waals surface area contributed by atoms with Crippen molar-refractivity contribution in [1.29, 1.82) is 0 Å². The molecule has 18 heteroatoms. The van der Waals surface area contributed by atoms with Crippen LogP contribution >= 0.6 is 23.5 Å². The molecule has 8 rings (SSSR count). The van der Waals surface area contributed by atoms with Gasteiger partial charge in [-0.3, -0.25) is 9.59 Å². The summed E-state index contributed by atoms with van der Waals surface area (Å²) in [4.78, 5) is 29.3. The topological polar surface area (TPSA) is 174 Å². The maximum absolute atomic E-state index is 13.8. The SMILES string of the molecule is CCCC[C@@H]1CN(c2ccccc2)c2cc(SC)c(OCC3(C(=O)O)CC3)cc2S(=O)(=O)N1C.CCCC[C@H]1CN(c2ccccc2)c2cc(SC)c(OCC3(C(=O)O)CC3)cc2S(=O)(=O)N1C. The van der Waals surface area contributed by atoms with Crippen LogP contribution in [0.25, 0.3) is 0 Å². The minimum Gasteiger partial charge on any atom is -0.491 e. The predicted octanol–water partition coefficient (Wildman–Crippen LogP) is 9.97. The number of carboxylic acid groups (broad SMARTS) is 2. The monoisotopic (exact) mass is 1010 g/mol. The summed E-state index contributed by atoms with van der Waals surface area (Å²) in [6.07, 6.45) is 11.5. The number of thioether (sulfide) groups is 2. The molecule has 0 bridgehead atoms. The Balaban J connectivity index is 0.000000201. The normalized spacial score (nSPS) is 20.9. The number of aliphatic carboxylic acids is 2. The summed E-state index contributed by atoms with van der Waals surface area (Å²) in [5.41, 5.74) is 1.37. The molecule has 2 saturated carbocycles. The molecular formula is C50H64N4O10S4. The minimum atomic E-state index is -3.79. The first-order chi connectivity index (χ1) is 32.5. The third-order valence-corrected chi connectivity index (χ3v) is 19.1. The molecule has 2 atom stereocenters. The molecule has 0 aromatic heterocycles. The number of benzene rings is 4. The lowest BCUT2D eigenvalue weighted by molar-refractivity contribution is -0.145. The van der Waals surface area contributed by atoms with Crippen molar-refractivity contribution in [2.24, 2.45) is 10.8 Å². The fourth-order valence-corrected chi connectivity index (χ4v) is 12.9. The van der Waals surface area contributed by atoms with E-state index in [0.29, 0.717) is 61.6 Å². The lowest BCUT2D eigenvalue weighted by atomic mass is 10.1.